The Bertz CT molecular complexity index is 1010. The molecule has 1 aliphatic rings. The van der Waals surface area contributed by atoms with Crippen molar-refractivity contribution in [2.24, 2.45) is 5.92 Å². The molecule has 2 aromatic heterocycles. The molecule has 1 saturated heterocycles. The van der Waals surface area contributed by atoms with Gasteiger partial charge in [-0.1, -0.05) is 36.4 Å². The Morgan fingerprint density at radius 1 is 1.03 bits per heavy atom. The lowest BCUT2D eigenvalue weighted by atomic mass is 9.90. The van der Waals surface area contributed by atoms with E-state index in [-0.39, 0.29) is 11.5 Å². The van der Waals surface area contributed by atoms with E-state index in [1.165, 1.54) is 10.2 Å². The number of thiophene rings is 1. The zero-order valence-electron chi connectivity index (χ0n) is 17.1. The molecule has 0 N–H and O–H groups in total. The Labute approximate surface area is 181 Å². The zero-order chi connectivity index (χ0) is 20.8. The summed E-state index contributed by atoms with van der Waals surface area (Å²) in [6.07, 6.45) is 4.30. The summed E-state index contributed by atoms with van der Waals surface area (Å²) in [4.78, 5) is 27.8. The highest BCUT2D eigenvalue weighted by atomic mass is 32.1. The maximum absolute atomic E-state index is 12.6. The first-order valence-electron chi connectivity index (χ1n) is 10.6. The third kappa shape index (κ3) is 5.25. The molecule has 0 atom stereocenters. The molecule has 6 heteroatoms. The van der Waals surface area contributed by atoms with Crippen molar-refractivity contribution in [2.75, 3.05) is 13.1 Å². The second kappa shape index (κ2) is 9.85. The quantitative estimate of drug-likeness (QED) is 0.574. The van der Waals surface area contributed by atoms with E-state index in [1.54, 1.807) is 23.5 Å². The van der Waals surface area contributed by atoms with E-state index in [1.807, 2.05) is 28.5 Å². The predicted molar refractivity (Wildman–Crippen MR) is 120 cm³/mol. The Morgan fingerprint density at radius 3 is 2.57 bits per heavy atom. The van der Waals surface area contributed by atoms with Crippen molar-refractivity contribution in [1.82, 2.24) is 14.7 Å². The smallest absolute Gasteiger partial charge is 0.266 e. The molecule has 0 bridgehead atoms. The van der Waals surface area contributed by atoms with Crippen molar-refractivity contribution in [3.63, 3.8) is 0 Å². The average molecular weight is 422 g/mol. The summed E-state index contributed by atoms with van der Waals surface area (Å²) in [7, 11) is 0. The standard InChI is InChI=1S/C24H27N3O2S/c28-23(26-15-12-20(13-16-26)18-19-6-2-1-3-7-19)9-4-14-27-24(29)11-10-21(25-27)22-8-5-17-30-22/h1-3,5-8,10-11,17,20H,4,9,12-16,18H2. The van der Waals surface area contributed by atoms with Gasteiger partial charge in [-0.3, -0.25) is 9.59 Å². The first-order chi connectivity index (χ1) is 14.7. The molecular formula is C24H27N3O2S. The molecule has 0 aliphatic carbocycles. The van der Waals surface area contributed by atoms with Gasteiger partial charge in [-0.2, -0.15) is 5.10 Å². The Morgan fingerprint density at radius 2 is 1.83 bits per heavy atom. The maximum Gasteiger partial charge on any atom is 0.266 e. The number of aromatic nitrogens is 2. The van der Waals surface area contributed by atoms with Gasteiger partial charge in [0.05, 0.1) is 4.88 Å². The molecule has 4 rings (SSSR count). The van der Waals surface area contributed by atoms with Crippen LogP contribution in [0.25, 0.3) is 10.6 Å². The molecule has 0 radical (unpaired) electrons. The van der Waals surface area contributed by atoms with Crippen LogP contribution in [0.5, 0.6) is 0 Å². The minimum absolute atomic E-state index is 0.121. The summed E-state index contributed by atoms with van der Waals surface area (Å²) in [5, 5.41) is 6.46. The highest BCUT2D eigenvalue weighted by molar-refractivity contribution is 7.13. The van der Waals surface area contributed by atoms with Crippen LogP contribution < -0.4 is 5.56 Å². The topological polar surface area (TPSA) is 55.2 Å². The number of aryl methyl sites for hydroxylation is 1. The van der Waals surface area contributed by atoms with Crippen molar-refractivity contribution in [3.8, 4) is 10.6 Å². The number of piperidine rings is 1. The van der Waals surface area contributed by atoms with Gasteiger partial charge in [-0.15, -0.1) is 11.3 Å². The van der Waals surface area contributed by atoms with Crippen LogP contribution in [0.2, 0.25) is 0 Å². The molecule has 0 saturated carbocycles. The Hall–Kier alpha value is -2.73. The summed E-state index contributed by atoms with van der Waals surface area (Å²) in [6.45, 7) is 2.14. The van der Waals surface area contributed by atoms with Gasteiger partial charge in [0.2, 0.25) is 5.91 Å². The minimum Gasteiger partial charge on any atom is -0.343 e. The fourth-order valence-electron chi connectivity index (χ4n) is 4.04. The van der Waals surface area contributed by atoms with Gasteiger partial charge in [0.15, 0.2) is 0 Å². The summed E-state index contributed by atoms with van der Waals surface area (Å²) in [5.41, 5.74) is 2.06. The number of carbonyl (C=O) groups excluding carboxylic acids is 1. The first-order valence-corrected chi connectivity index (χ1v) is 11.5. The van der Waals surface area contributed by atoms with Crippen molar-refractivity contribution in [1.29, 1.82) is 0 Å². The molecule has 1 fully saturated rings. The first kappa shape index (κ1) is 20.5. The Kier molecular flexibility index (Phi) is 6.74. The van der Waals surface area contributed by atoms with Crippen LogP contribution >= 0.6 is 11.3 Å². The lowest BCUT2D eigenvalue weighted by Gasteiger charge is -2.32. The van der Waals surface area contributed by atoms with Crippen molar-refractivity contribution in [2.45, 2.75) is 38.6 Å². The largest absolute Gasteiger partial charge is 0.343 e. The van der Waals surface area contributed by atoms with Gasteiger partial charge in [0.1, 0.15) is 5.69 Å². The van der Waals surface area contributed by atoms with Crippen LogP contribution in [-0.4, -0.2) is 33.7 Å². The van der Waals surface area contributed by atoms with Crippen molar-refractivity contribution >= 4 is 17.2 Å². The lowest BCUT2D eigenvalue weighted by molar-refractivity contribution is -0.132. The SMILES string of the molecule is O=C(CCCn1nc(-c2cccs2)ccc1=O)N1CCC(Cc2ccccc2)CC1. The van der Waals surface area contributed by atoms with Crippen LogP contribution in [0.4, 0.5) is 0 Å². The number of carbonyl (C=O) groups is 1. The molecule has 3 heterocycles. The molecule has 0 unspecified atom stereocenters. The fourth-order valence-corrected chi connectivity index (χ4v) is 4.73. The van der Waals surface area contributed by atoms with E-state index in [2.05, 4.69) is 29.4 Å². The van der Waals surface area contributed by atoms with Crippen LogP contribution in [-0.2, 0) is 17.8 Å². The van der Waals surface area contributed by atoms with Gasteiger partial charge >= 0.3 is 0 Å². The van der Waals surface area contributed by atoms with E-state index in [0.29, 0.717) is 25.3 Å². The molecule has 0 spiro atoms. The number of benzene rings is 1. The number of hydrogen-bond donors (Lipinski definition) is 0. The molecule has 3 aromatic rings. The molecule has 5 nitrogen and oxygen atoms in total. The van der Waals surface area contributed by atoms with Gasteiger partial charge in [-0.25, -0.2) is 4.68 Å². The number of rotatable bonds is 7. The second-order valence-electron chi connectivity index (χ2n) is 7.87. The molecule has 30 heavy (non-hydrogen) atoms. The number of amides is 1. The fraction of sp³-hybridized carbons (Fsp3) is 0.375. The highest BCUT2D eigenvalue weighted by Crippen LogP contribution is 2.23. The van der Waals surface area contributed by atoms with E-state index in [9.17, 15) is 9.59 Å². The number of hydrogen-bond acceptors (Lipinski definition) is 4. The lowest BCUT2D eigenvalue weighted by Crippen LogP contribution is -2.39. The molecule has 156 valence electrons. The number of likely N-dealkylation sites (tertiary alicyclic amines) is 1. The summed E-state index contributed by atoms with van der Waals surface area (Å²) >= 11 is 1.60. The zero-order valence-corrected chi connectivity index (χ0v) is 17.9. The van der Waals surface area contributed by atoms with E-state index < -0.39 is 0 Å². The summed E-state index contributed by atoms with van der Waals surface area (Å²) in [5.74, 6) is 0.842. The van der Waals surface area contributed by atoms with E-state index >= 15 is 0 Å². The third-order valence-electron chi connectivity index (χ3n) is 5.74. The minimum atomic E-state index is -0.121. The second-order valence-corrected chi connectivity index (χ2v) is 8.82. The molecule has 1 aromatic carbocycles. The van der Waals surface area contributed by atoms with Crippen LogP contribution in [0.3, 0.4) is 0 Å². The van der Waals surface area contributed by atoms with Gasteiger partial charge < -0.3 is 4.90 Å². The summed E-state index contributed by atoms with van der Waals surface area (Å²) < 4.78 is 1.48. The van der Waals surface area contributed by atoms with Gasteiger partial charge in [0, 0.05) is 32.1 Å². The van der Waals surface area contributed by atoms with Crippen LogP contribution in [0.1, 0.15) is 31.2 Å². The monoisotopic (exact) mass is 421 g/mol. The normalized spacial score (nSPS) is 14.7. The third-order valence-corrected chi connectivity index (χ3v) is 6.63. The molecule has 1 aliphatic heterocycles. The van der Waals surface area contributed by atoms with Crippen molar-refractivity contribution < 1.29 is 4.79 Å². The number of nitrogens with zero attached hydrogens (tertiary/aromatic N) is 3. The van der Waals surface area contributed by atoms with Crippen LogP contribution in [0, 0.1) is 5.92 Å². The van der Waals surface area contributed by atoms with E-state index in [4.69, 9.17) is 0 Å². The Balaban J connectivity index is 1.24. The van der Waals surface area contributed by atoms with E-state index in [0.717, 1.165) is 42.9 Å². The molecular weight excluding hydrogens is 394 g/mol. The predicted octanol–water partition coefficient (Wildman–Crippen LogP) is 4.23. The van der Waals surface area contributed by atoms with Crippen molar-refractivity contribution in [3.05, 3.63) is 75.9 Å². The average Bonchev–Trinajstić information content (AvgIpc) is 3.31. The van der Waals surface area contributed by atoms with Gasteiger partial charge in [-0.05, 0) is 54.7 Å². The van der Waals surface area contributed by atoms with Crippen LogP contribution in [0.15, 0.2) is 64.8 Å². The van der Waals surface area contributed by atoms with Gasteiger partial charge in [0.25, 0.3) is 5.56 Å². The maximum atomic E-state index is 12.6. The molecule has 1 amide bonds. The summed E-state index contributed by atoms with van der Waals surface area (Å²) in [6, 6.07) is 17.9. The highest BCUT2D eigenvalue weighted by Gasteiger charge is 2.22.